The van der Waals surface area contributed by atoms with Crippen molar-refractivity contribution in [2.75, 3.05) is 0 Å². The van der Waals surface area contributed by atoms with Gasteiger partial charge in [0.05, 0.1) is 11.7 Å². The first-order valence-electron chi connectivity index (χ1n) is 9.57. The molecule has 146 valence electrons. The summed E-state index contributed by atoms with van der Waals surface area (Å²) in [4.78, 5) is 3.61. The van der Waals surface area contributed by atoms with Gasteiger partial charge in [-0.05, 0) is 36.4 Å². The summed E-state index contributed by atoms with van der Waals surface area (Å²) < 4.78 is 17.8. The third-order valence-corrected chi connectivity index (χ3v) is 5.50. The first-order chi connectivity index (χ1) is 14.3. The topological polar surface area (TPSA) is 24.8 Å². The van der Waals surface area contributed by atoms with Crippen molar-refractivity contribution in [2.24, 2.45) is 0 Å². The van der Waals surface area contributed by atoms with Crippen molar-refractivity contribution >= 4 is 27.3 Å². The van der Waals surface area contributed by atoms with E-state index in [4.69, 9.17) is 0 Å². The highest BCUT2D eigenvalue weighted by atomic mass is 35.5. The number of rotatable bonds is 2. The summed E-state index contributed by atoms with van der Waals surface area (Å²) in [6.07, 6.45) is 4.14. The van der Waals surface area contributed by atoms with Gasteiger partial charge in [-0.3, -0.25) is 0 Å². The average molecular weight is 414 g/mol. The number of hydrogen-bond acceptors (Lipinski definition) is 0. The Morgan fingerprint density at radius 3 is 2.30 bits per heavy atom. The summed E-state index contributed by atoms with van der Waals surface area (Å²) in [5.74, 6) is -0.239. The molecule has 0 bridgehead atoms. The molecule has 5 heteroatoms. The van der Waals surface area contributed by atoms with Gasteiger partial charge in [0.25, 0.3) is 6.33 Å². The minimum absolute atomic E-state index is 0. The van der Waals surface area contributed by atoms with E-state index < -0.39 is 0 Å². The minimum atomic E-state index is -0.239. The van der Waals surface area contributed by atoms with Crippen LogP contribution in [0.2, 0.25) is 0 Å². The number of imidazole rings is 1. The molecular formula is C25H17ClFN3. The zero-order valence-electron chi connectivity index (χ0n) is 15.9. The van der Waals surface area contributed by atoms with Crippen molar-refractivity contribution < 1.29 is 21.2 Å². The summed E-state index contributed by atoms with van der Waals surface area (Å²) >= 11 is 0. The second kappa shape index (κ2) is 7.01. The zero-order valence-corrected chi connectivity index (χ0v) is 16.6. The van der Waals surface area contributed by atoms with Gasteiger partial charge in [-0.2, -0.15) is 8.97 Å². The van der Waals surface area contributed by atoms with Crippen LogP contribution >= 0.6 is 0 Å². The summed E-state index contributed by atoms with van der Waals surface area (Å²) in [6.45, 7) is 0. The van der Waals surface area contributed by atoms with Gasteiger partial charge in [-0.15, -0.1) is 0 Å². The molecule has 3 aromatic heterocycles. The Kier molecular flexibility index (Phi) is 4.30. The van der Waals surface area contributed by atoms with Crippen molar-refractivity contribution in [1.82, 2.24) is 9.55 Å². The maximum absolute atomic E-state index is 13.5. The van der Waals surface area contributed by atoms with Crippen LogP contribution in [0.3, 0.4) is 0 Å². The predicted molar refractivity (Wildman–Crippen MR) is 114 cm³/mol. The lowest BCUT2D eigenvalue weighted by Crippen LogP contribution is -3.00. The van der Waals surface area contributed by atoms with Gasteiger partial charge in [-0.1, -0.05) is 48.5 Å². The van der Waals surface area contributed by atoms with E-state index in [0.29, 0.717) is 0 Å². The highest BCUT2D eigenvalue weighted by molar-refractivity contribution is 6.13. The molecule has 0 radical (unpaired) electrons. The van der Waals surface area contributed by atoms with Crippen LogP contribution in [0.4, 0.5) is 4.39 Å². The van der Waals surface area contributed by atoms with Crippen molar-refractivity contribution in [1.29, 1.82) is 0 Å². The predicted octanol–water partition coefficient (Wildman–Crippen LogP) is 2.66. The lowest BCUT2D eigenvalue weighted by Gasteiger charge is -2.02. The van der Waals surface area contributed by atoms with Gasteiger partial charge < -0.3 is 17.4 Å². The van der Waals surface area contributed by atoms with Crippen molar-refractivity contribution in [3.63, 3.8) is 0 Å². The number of aromatic nitrogens is 3. The van der Waals surface area contributed by atoms with E-state index in [1.165, 1.54) is 22.9 Å². The number of nitrogens with one attached hydrogen (secondary N) is 1. The Balaban J connectivity index is 0.00000193. The summed E-state index contributed by atoms with van der Waals surface area (Å²) in [5.41, 5.74) is 6.38. The van der Waals surface area contributed by atoms with Crippen LogP contribution < -0.4 is 16.8 Å². The molecule has 0 amide bonds. The number of hydrogen-bond donors (Lipinski definition) is 1. The number of fused-ring (bicyclic) bond motifs is 5. The van der Waals surface area contributed by atoms with Crippen molar-refractivity contribution in [3.8, 4) is 16.9 Å². The zero-order chi connectivity index (χ0) is 19.4. The molecule has 3 aromatic carbocycles. The van der Waals surface area contributed by atoms with Gasteiger partial charge in [0, 0.05) is 21.9 Å². The molecule has 0 aliphatic carbocycles. The fourth-order valence-corrected chi connectivity index (χ4v) is 4.18. The average Bonchev–Trinajstić information content (AvgIpc) is 3.33. The molecule has 0 saturated heterocycles. The first kappa shape index (κ1) is 18.4. The molecule has 0 aliphatic heterocycles. The van der Waals surface area contributed by atoms with E-state index in [9.17, 15) is 4.39 Å². The fourth-order valence-electron chi connectivity index (χ4n) is 4.18. The minimum Gasteiger partial charge on any atom is -1.00 e. The number of aromatic amines is 1. The van der Waals surface area contributed by atoms with Gasteiger partial charge in [0.2, 0.25) is 5.52 Å². The van der Waals surface area contributed by atoms with E-state index in [1.54, 1.807) is 0 Å². The Bertz CT molecular complexity index is 1500. The van der Waals surface area contributed by atoms with Crippen LogP contribution in [-0.4, -0.2) is 9.55 Å². The Morgan fingerprint density at radius 2 is 1.50 bits per heavy atom. The number of benzene rings is 3. The van der Waals surface area contributed by atoms with E-state index >= 15 is 0 Å². The van der Waals surface area contributed by atoms with Crippen molar-refractivity contribution in [3.05, 3.63) is 103 Å². The lowest BCUT2D eigenvalue weighted by atomic mass is 10.1. The maximum Gasteiger partial charge on any atom is 0.254 e. The number of nitrogens with zero attached hydrogens (tertiary/aromatic N) is 2. The molecule has 1 N–H and O–H groups in total. The standard InChI is InChI=1S/C25H17FN3.ClH/c26-18-10-12-19(13-11-18)29-16-28-15-14-21-20-8-4-5-9-22(20)27-23(21)25(28)24(29)17-6-2-1-3-7-17;/h1-16,27H;1H/q+1;/p-1. The van der Waals surface area contributed by atoms with E-state index in [0.717, 1.165) is 33.5 Å². The van der Waals surface area contributed by atoms with Gasteiger partial charge in [0.15, 0.2) is 5.69 Å². The van der Waals surface area contributed by atoms with Gasteiger partial charge in [0.1, 0.15) is 11.5 Å². The highest BCUT2D eigenvalue weighted by Crippen LogP contribution is 2.33. The number of halogens is 2. The molecular weight excluding hydrogens is 397 g/mol. The van der Waals surface area contributed by atoms with Crippen LogP contribution in [0.5, 0.6) is 0 Å². The second-order valence-corrected chi connectivity index (χ2v) is 7.21. The van der Waals surface area contributed by atoms with Crippen molar-refractivity contribution in [2.45, 2.75) is 0 Å². The number of para-hydroxylation sites is 1. The molecule has 0 unspecified atom stereocenters. The summed E-state index contributed by atoms with van der Waals surface area (Å²) in [6, 6.07) is 27.4. The van der Waals surface area contributed by atoms with Crippen LogP contribution in [0.25, 0.3) is 44.3 Å². The number of pyridine rings is 1. The Hall–Kier alpha value is -3.63. The van der Waals surface area contributed by atoms with Crippen LogP contribution in [-0.2, 0) is 0 Å². The largest absolute Gasteiger partial charge is 1.00 e. The smallest absolute Gasteiger partial charge is 0.254 e. The molecule has 6 aromatic rings. The Labute approximate surface area is 178 Å². The van der Waals surface area contributed by atoms with Crippen LogP contribution in [0, 0.1) is 5.82 Å². The molecule has 3 heterocycles. The van der Waals surface area contributed by atoms with Gasteiger partial charge in [-0.25, -0.2) is 4.39 Å². The molecule has 3 nitrogen and oxygen atoms in total. The fraction of sp³-hybridized carbons (Fsp3) is 0. The molecule has 0 aliphatic rings. The van der Waals surface area contributed by atoms with E-state index in [1.807, 2.05) is 36.4 Å². The summed E-state index contributed by atoms with van der Waals surface area (Å²) in [7, 11) is 0. The summed E-state index contributed by atoms with van der Waals surface area (Å²) in [5, 5.41) is 2.40. The third-order valence-electron chi connectivity index (χ3n) is 5.50. The lowest BCUT2D eigenvalue weighted by molar-refractivity contribution is -0.510. The quantitative estimate of drug-likeness (QED) is 0.422. The molecule has 0 saturated carbocycles. The number of H-pyrrole nitrogens is 1. The molecule has 30 heavy (non-hydrogen) atoms. The molecule has 0 atom stereocenters. The maximum atomic E-state index is 13.5. The van der Waals surface area contributed by atoms with E-state index in [-0.39, 0.29) is 18.2 Å². The SMILES string of the molecule is Fc1ccc(-n2c[n+]3ccc4c5ccccc5[nH]c4c3c2-c2ccccc2)cc1.[Cl-]. The molecule has 0 fully saturated rings. The Morgan fingerprint density at radius 1 is 0.767 bits per heavy atom. The van der Waals surface area contributed by atoms with E-state index in [2.05, 4.69) is 62.9 Å². The monoisotopic (exact) mass is 413 g/mol. The molecule has 0 spiro atoms. The highest BCUT2D eigenvalue weighted by Gasteiger charge is 2.24. The second-order valence-electron chi connectivity index (χ2n) is 7.21. The first-order valence-corrected chi connectivity index (χ1v) is 9.57. The van der Waals surface area contributed by atoms with Gasteiger partial charge >= 0.3 is 0 Å². The molecule has 6 rings (SSSR count). The van der Waals surface area contributed by atoms with Crippen LogP contribution in [0.1, 0.15) is 0 Å². The third kappa shape index (κ3) is 2.69. The normalized spacial score (nSPS) is 11.2. The van der Waals surface area contributed by atoms with Crippen LogP contribution in [0.15, 0.2) is 97.5 Å².